The van der Waals surface area contributed by atoms with Gasteiger partial charge in [-0.25, -0.2) is 4.79 Å². The fourth-order valence-corrected chi connectivity index (χ4v) is 2.79. The molecule has 1 aromatic carbocycles. The second kappa shape index (κ2) is 9.70. The Morgan fingerprint density at radius 2 is 1.96 bits per heavy atom. The van der Waals surface area contributed by atoms with Crippen LogP contribution in [0.3, 0.4) is 0 Å². The lowest BCUT2D eigenvalue weighted by atomic mass is 10.1. The van der Waals surface area contributed by atoms with Crippen LogP contribution in [0.1, 0.15) is 25.3 Å². The molecule has 26 heavy (non-hydrogen) atoms. The Labute approximate surface area is 153 Å². The number of nitrogens with one attached hydrogen (secondary N) is 1. The SMILES string of the molecule is CCOC(=O)N1CCC(NC(=O)/C=C/c2ccc(OC)cc2OC)CC1. The third-order valence-electron chi connectivity index (χ3n) is 4.22. The lowest BCUT2D eigenvalue weighted by molar-refractivity contribution is -0.117. The van der Waals surface area contributed by atoms with E-state index in [1.165, 1.54) is 6.08 Å². The van der Waals surface area contributed by atoms with Crippen LogP contribution in [-0.2, 0) is 9.53 Å². The van der Waals surface area contributed by atoms with Gasteiger partial charge in [0, 0.05) is 36.8 Å². The molecule has 0 radical (unpaired) electrons. The number of ether oxygens (including phenoxy) is 3. The summed E-state index contributed by atoms with van der Waals surface area (Å²) in [4.78, 5) is 25.5. The van der Waals surface area contributed by atoms with Crippen molar-refractivity contribution >= 4 is 18.1 Å². The van der Waals surface area contributed by atoms with Crippen molar-refractivity contribution in [2.24, 2.45) is 0 Å². The summed E-state index contributed by atoms with van der Waals surface area (Å²) in [5.74, 6) is 1.16. The summed E-state index contributed by atoms with van der Waals surface area (Å²) in [6.45, 7) is 3.32. The first-order valence-corrected chi connectivity index (χ1v) is 8.69. The number of methoxy groups -OCH3 is 2. The summed E-state index contributed by atoms with van der Waals surface area (Å²) < 4.78 is 15.5. The van der Waals surface area contributed by atoms with E-state index in [4.69, 9.17) is 14.2 Å². The van der Waals surface area contributed by atoms with Crippen molar-refractivity contribution in [3.05, 3.63) is 29.8 Å². The van der Waals surface area contributed by atoms with Crippen LogP contribution in [0.4, 0.5) is 4.79 Å². The van der Waals surface area contributed by atoms with Crippen LogP contribution in [0, 0.1) is 0 Å². The molecule has 1 N–H and O–H groups in total. The van der Waals surface area contributed by atoms with E-state index in [0.717, 1.165) is 5.56 Å². The second-order valence-corrected chi connectivity index (χ2v) is 5.91. The standard InChI is InChI=1S/C19H26N2O5/c1-4-26-19(23)21-11-9-15(10-12-21)20-18(22)8-6-14-5-7-16(24-2)13-17(14)25-3/h5-8,13,15H,4,9-12H2,1-3H3,(H,20,22)/b8-6+. The van der Waals surface area contributed by atoms with Crippen molar-refractivity contribution < 1.29 is 23.8 Å². The first-order valence-electron chi connectivity index (χ1n) is 8.69. The van der Waals surface area contributed by atoms with Gasteiger partial charge >= 0.3 is 6.09 Å². The largest absolute Gasteiger partial charge is 0.497 e. The molecule has 2 rings (SSSR count). The number of piperidine rings is 1. The summed E-state index contributed by atoms with van der Waals surface area (Å²) in [7, 11) is 3.16. The second-order valence-electron chi connectivity index (χ2n) is 5.91. The number of hydrogen-bond acceptors (Lipinski definition) is 5. The average molecular weight is 362 g/mol. The first kappa shape index (κ1) is 19.6. The van der Waals surface area contributed by atoms with Crippen LogP contribution in [0.15, 0.2) is 24.3 Å². The van der Waals surface area contributed by atoms with Gasteiger partial charge in [-0.05, 0) is 38.0 Å². The molecule has 0 aliphatic carbocycles. The minimum atomic E-state index is -0.288. The van der Waals surface area contributed by atoms with Gasteiger partial charge in [0.1, 0.15) is 11.5 Å². The molecule has 1 aliphatic rings. The molecule has 0 unspecified atom stereocenters. The number of benzene rings is 1. The maximum absolute atomic E-state index is 12.2. The Morgan fingerprint density at radius 1 is 1.23 bits per heavy atom. The summed E-state index contributed by atoms with van der Waals surface area (Å²) in [5, 5.41) is 2.97. The van der Waals surface area contributed by atoms with Crippen LogP contribution in [-0.4, -0.2) is 56.9 Å². The molecule has 1 heterocycles. The van der Waals surface area contributed by atoms with Crippen molar-refractivity contribution in [1.29, 1.82) is 0 Å². The zero-order valence-electron chi connectivity index (χ0n) is 15.5. The summed E-state index contributed by atoms with van der Waals surface area (Å²) in [6.07, 6.45) is 4.33. The molecule has 7 nitrogen and oxygen atoms in total. The highest BCUT2D eigenvalue weighted by molar-refractivity contribution is 5.92. The number of nitrogens with zero attached hydrogens (tertiary/aromatic N) is 1. The predicted octanol–water partition coefficient (Wildman–Crippen LogP) is 2.45. The highest BCUT2D eigenvalue weighted by Crippen LogP contribution is 2.25. The van der Waals surface area contributed by atoms with Gasteiger partial charge in [0.25, 0.3) is 0 Å². The molecular formula is C19H26N2O5. The van der Waals surface area contributed by atoms with E-state index < -0.39 is 0 Å². The summed E-state index contributed by atoms with van der Waals surface area (Å²) in [6, 6.07) is 5.46. The Hall–Kier alpha value is -2.70. The van der Waals surface area contributed by atoms with Gasteiger partial charge in [-0.1, -0.05) is 0 Å². The summed E-state index contributed by atoms with van der Waals surface area (Å²) >= 11 is 0. The number of rotatable bonds is 6. The number of carbonyl (C=O) groups is 2. The maximum atomic E-state index is 12.2. The normalized spacial score (nSPS) is 15.0. The minimum absolute atomic E-state index is 0.0515. The van der Waals surface area contributed by atoms with Crippen LogP contribution >= 0.6 is 0 Å². The Bertz CT molecular complexity index is 651. The number of amides is 2. The molecule has 1 aliphatic heterocycles. The minimum Gasteiger partial charge on any atom is -0.497 e. The van der Waals surface area contributed by atoms with Gasteiger partial charge in [0.2, 0.25) is 5.91 Å². The predicted molar refractivity (Wildman–Crippen MR) is 98.3 cm³/mol. The topological polar surface area (TPSA) is 77.1 Å². The van der Waals surface area contributed by atoms with E-state index in [1.807, 2.05) is 12.1 Å². The lowest BCUT2D eigenvalue weighted by Gasteiger charge is -2.31. The van der Waals surface area contributed by atoms with E-state index in [2.05, 4.69) is 5.32 Å². The quantitative estimate of drug-likeness (QED) is 0.787. The van der Waals surface area contributed by atoms with E-state index in [1.54, 1.807) is 38.2 Å². The van der Waals surface area contributed by atoms with Gasteiger partial charge in [0.05, 0.1) is 20.8 Å². The van der Waals surface area contributed by atoms with Crippen LogP contribution in [0.2, 0.25) is 0 Å². The summed E-state index contributed by atoms with van der Waals surface area (Å²) in [5.41, 5.74) is 0.792. The molecule has 7 heteroatoms. The fourth-order valence-electron chi connectivity index (χ4n) is 2.79. The van der Waals surface area contributed by atoms with Gasteiger partial charge < -0.3 is 24.4 Å². The van der Waals surface area contributed by atoms with Crippen molar-refractivity contribution in [1.82, 2.24) is 10.2 Å². The van der Waals surface area contributed by atoms with Crippen LogP contribution < -0.4 is 14.8 Å². The monoisotopic (exact) mass is 362 g/mol. The average Bonchev–Trinajstić information content (AvgIpc) is 2.67. The van der Waals surface area contributed by atoms with Crippen molar-refractivity contribution in [2.45, 2.75) is 25.8 Å². The van der Waals surface area contributed by atoms with Crippen molar-refractivity contribution in [3.8, 4) is 11.5 Å². The molecule has 0 spiro atoms. The number of carbonyl (C=O) groups excluding carboxylic acids is 2. The van der Waals surface area contributed by atoms with Gasteiger partial charge in [-0.3, -0.25) is 4.79 Å². The highest BCUT2D eigenvalue weighted by Gasteiger charge is 2.24. The molecule has 142 valence electrons. The smallest absolute Gasteiger partial charge is 0.409 e. The zero-order chi connectivity index (χ0) is 18.9. The van der Waals surface area contributed by atoms with Crippen molar-refractivity contribution in [2.75, 3.05) is 33.9 Å². The van der Waals surface area contributed by atoms with E-state index >= 15 is 0 Å². The van der Waals surface area contributed by atoms with Crippen LogP contribution in [0.5, 0.6) is 11.5 Å². The third kappa shape index (κ3) is 5.40. The lowest BCUT2D eigenvalue weighted by Crippen LogP contribution is -2.46. The molecule has 0 saturated carbocycles. The van der Waals surface area contributed by atoms with E-state index in [0.29, 0.717) is 44.0 Å². The number of hydrogen-bond donors (Lipinski definition) is 1. The molecule has 1 aromatic rings. The molecule has 0 aromatic heterocycles. The number of likely N-dealkylation sites (tertiary alicyclic amines) is 1. The molecule has 1 saturated heterocycles. The Morgan fingerprint density at radius 3 is 2.58 bits per heavy atom. The molecule has 0 atom stereocenters. The Kier molecular flexibility index (Phi) is 7.32. The third-order valence-corrected chi connectivity index (χ3v) is 4.22. The van der Waals surface area contributed by atoms with E-state index in [-0.39, 0.29) is 18.0 Å². The van der Waals surface area contributed by atoms with Gasteiger partial charge in [-0.15, -0.1) is 0 Å². The fraction of sp³-hybridized carbons (Fsp3) is 0.474. The van der Waals surface area contributed by atoms with Gasteiger partial charge in [-0.2, -0.15) is 0 Å². The van der Waals surface area contributed by atoms with Gasteiger partial charge in [0.15, 0.2) is 0 Å². The molecule has 2 amide bonds. The van der Waals surface area contributed by atoms with Crippen LogP contribution in [0.25, 0.3) is 6.08 Å². The molecule has 1 fully saturated rings. The zero-order valence-corrected chi connectivity index (χ0v) is 15.5. The molecule has 0 bridgehead atoms. The van der Waals surface area contributed by atoms with E-state index in [9.17, 15) is 9.59 Å². The molecular weight excluding hydrogens is 336 g/mol. The first-order chi connectivity index (χ1) is 12.6. The Balaban J connectivity index is 1.86. The maximum Gasteiger partial charge on any atom is 0.409 e. The highest BCUT2D eigenvalue weighted by atomic mass is 16.6. The van der Waals surface area contributed by atoms with Crippen molar-refractivity contribution in [3.63, 3.8) is 0 Å².